The zero-order valence-electron chi connectivity index (χ0n) is 14.5. The van der Waals surface area contributed by atoms with Gasteiger partial charge in [-0.2, -0.15) is 0 Å². The largest absolute Gasteiger partial charge is 0.494 e. The maximum atomic E-state index is 5.89. The molecular weight excluding hydrogens is 310 g/mol. The smallest absolute Gasteiger partial charge is 0.119 e. The van der Waals surface area contributed by atoms with Gasteiger partial charge in [-0.15, -0.1) is 0 Å². The fourth-order valence-electron chi connectivity index (χ4n) is 3.27. The zero-order chi connectivity index (χ0) is 16.5. The first-order valence-electron chi connectivity index (χ1n) is 8.86. The van der Waals surface area contributed by atoms with E-state index in [1.807, 2.05) is 31.4 Å². The molecular formula is C19H30ClNO2. The summed E-state index contributed by atoms with van der Waals surface area (Å²) in [5.74, 6) is 1.48. The van der Waals surface area contributed by atoms with Crippen LogP contribution in [0.4, 0.5) is 0 Å². The second-order valence-electron chi connectivity index (χ2n) is 6.42. The molecule has 0 radical (unpaired) electrons. The van der Waals surface area contributed by atoms with Gasteiger partial charge < -0.3 is 14.4 Å². The van der Waals surface area contributed by atoms with Crippen molar-refractivity contribution in [1.29, 1.82) is 0 Å². The van der Waals surface area contributed by atoms with Crippen LogP contribution in [-0.4, -0.2) is 44.4 Å². The van der Waals surface area contributed by atoms with Gasteiger partial charge in [0.05, 0.1) is 12.7 Å². The highest BCUT2D eigenvalue weighted by Gasteiger charge is 2.28. The molecule has 130 valence electrons. The molecule has 0 saturated carbocycles. The van der Waals surface area contributed by atoms with Gasteiger partial charge in [0, 0.05) is 18.7 Å². The van der Waals surface area contributed by atoms with Crippen LogP contribution in [0.2, 0.25) is 5.02 Å². The Morgan fingerprint density at radius 1 is 1.22 bits per heavy atom. The lowest BCUT2D eigenvalue weighted by atomic mass is 9.91. The fourth-order valence-corrected chi connectivity index (χ4v) is 3.40. The van der Waals surface area contributed by atoms with Gasteiger partial charge in [-0.05, 0) is 62.5 Å². The molecule has 1 heterocycles. The minimum atomic E-state index is 0.333. The number of halogens is 1. The summed E-state index contributed by atoms with van der Waals surface area (Å²) in [5.41, 5.74) is 0. The number of likely N-dealkylation sites (tertiary alicyclic amines) is 1. The molecule has 0 bridgehead atoms. The van der Waals surface area contributed by atoms with Crippen LogP contribution in [0.25, 0.3) is 0 Å². The first-order valence-corrected chi connectivity index (χ1v) is 9.24. The molecule has 0 aliphatic carbocycles. The van der Waals surface area contributed by atoms with Crippen LogP contribution in [0.3, 0.4) is 0 Å². The van der Waals surface area contributed by atoms with Gasteiger partial charge in [0.2, 0.25) is 0 Å². The summed E-state index contributed by atoms with van der Waals surface area (Å²) in [5, 5.41) is 0.743. The molecule has 2 atom stereocenters. The van der Waals surface area contributed by atoms with Gasteiger partial charge in [-0.1, -0.05) is 31.4 Å². The summed E-state index contributed by atoms with van der Waals surface area (Å²) in [6.45, 7) is 6.45. The minimum absolute atomic E-state index is 0.333. The van der Waals surface area contributed by atoms with Crippen molar-refractivity contribution in [3.05, 3.63) is 29.3 Å². The number of nitrogens with zero attached hydrogens (tertiary/aromatic N) is 1. The van der Waals surface area contributed by atoms with E-state index in [-0.39, 0.29) is 0 Å². The third-order valence-corrected chi connectivity index (χ3v) is 4.98. The predicted octanol–water partition coefficient (Wildman–Crippen LogP) is 4.64. The Hall–Kier alpha value is -0.770. The van der Waals surface area contributed by atoms with Crippen molar-refractivity contribution in [2.45, 2.75) is 45.1 Å². The van der Waals surface area contributed by atoms with Crippen molar-refractivity contribution in [1.82, 2.24) is 4.90 Å². The van der Waals surface area contributed by atoms with Crippen molar-refractivity contribution in [3.63, 3.8) is 0 Å². The number of hydrogen-bond acceptors (Lipinski definition) is 3. The van der Waals surface area contributed by atoms with Gasteiger partial charge in [0.1, 0.15) is 5.75 Å². The average molecular weight is 340 g/mol. The van der Waals surface area contributed by atoms with E-state index in [0.717, 1.165) is 30.3 Å². The zero-order valence-corrected chi connectivity index (χ0v) is 15.2. The summed E-state index contributed by atoms with van der Waals surface area (Å²) >= 11 is 5.89. The Morgan fingerprint density at radius 3 is 2.70 bits per heavy atom. The van der Waals surface area contributed by atoms with Crippen LogP contribution in [0.1, 0.15) is 39.0 Å². The molecule has 4 heteroatoms. The lowest BCUT2D eigenvalue weighted by Gasteiger charge is -2.37. The Labute approximate surface area is 145 Å². The average Bonchev–Trinajstić information content (AvgIpc) is 2.58. The molecule has 3 nitrogen and oxygen atoms in total. The van der Waals surface area contributed by atoms with E-state index in [1.54, 1.807) is 0 Å². The highest BCUT2D eigenvalue weighted by molar-refractivity contribution is 6.30. The molecule has 1 fully saturated rings. The van der Waals surface area contributed by atoms with Gasteiger partial charge in [-0.3, -0.25) is 0 Å². The first-order chi connectivity index (χ1) is 11.2. The van der Waals surface area contributed by atoms with E-state index >= 15 is 0 Å². The molecule has 1 aromatic carbocycles. The van der Waals surface area contributed by atoms with Crippen molar-refractivity contribution >= 4 is 11.6 Å². The van der Waals surface area contributed by atoms with E-state index < -0.39 is 0 Å². The number of unbranched alkanes of at least 4 members (excludes halogenated alkanes) is 2. The molecule has 1 aliphatic heterocycles. The molecule has 0 unspecified atom stereocenters. The summed E-state index contributed by atoms with van der Waals surface area (Å²) in [6.07, 6.45) is 6.49. The molecule has 0 amide bonds. The lowest BCUT2D eigenvalue weighted by molar-refractivity contribution is -0.0180. The monoisotopic (exact) mass is 339 g/mol. The maximum Gasteiger partial charge on any atom is 0.119 e. The Morgan fingerprint density at radius 2 is 2.00 bits per heavy atom. The number of hydrogen-bond donors (Lipinski definition) is 0. The van der Waals surface area contributed by atoms with Crippen molar-refractivity contribution < 1.29 is 9.47 Å². The van der Waals surface area contributed by atoms with Gasteiger partial charge in [-0.25, -0.2) is 0 Å². The Bertz CT molecular complexity index is 438. The quantitative estimate of drug-likeness (QED) is 0.612. The van der Waals surface area contributed by atoms with E-state index in [0.29, 0.717) is 12.0 Å². The Kier molecular flexibility index (Phi) is 8.21. The normalized spacial score (nSPS) is 22.2. The second-order valence-corrected chi connectivity index (χ2v) is 6.86. The topological polar surface area (TPSA) is 21.7 Å². The summed E-state index contributed by atoms with van der Waals surface area (Å²) in [6, 6.07) is 7.58. The highest BCUT2D eigenvalue weighted by atomic mass is 35.5. The van der Waals surface area contributed by atoms with E-state index in [2.05, 4.69) is 11.8 Å². The SMILES string of the molecule is CCCCCN1CC[C@@H](CCOc2ccc(Cl)cc2)[C@@H](OC)C1. The molecule has 0 spiro atoms. The highest BCUT2D eigenvalue weighted by Crippen LogP contribution is 2.24. The molecule has 1 aliphatic rings. The Balaban J connectivity index is 1.71. The minimum Gasteiger partial charge on any atom is -0.494 e. The number of ether oxygens (including phenoxy) is 2. The predicted molar refractivity (Wildman–Crippen MR) is 96.4 cm³/mol. The van der Waals surface area contributed by atoms with Crippen LogP contribution in [0, 0.1) is 5.92 Å². The van der Waals surface area contributed by atoms with Crippen molar-refractivity contribution in [2.75, 3.05) is 33.4 Å². The number of methoxy groups -OCH3 is 1. The van der Waals surface area contributed by atoms with Crippen LogP contribution in [0.5, 0.6) is 5.75 Å². The van der Waals surface area contributed by atoms with Gasteiger partial charge in [0.15, 0.2) is 0 Å². The fraction of sp³-hybridized carbons (Fsp3) is 0.684. The second kappa shape index (κ2) is 10.2. The van der Waals surface area contributed by atoms with Gasteiger partial charge >= 0.3 is 0 Å². The molecule has 23 heavy (non-hydrogen) atoms. The van der Waals surface area contributed by atoms with Crippen LogP contribution in [0.15, 0.2) is 24.3 Å². The van der Waals surface area contributed by atoms with Crippen LogP contribution < -0.4 is 4.74 Å². The molecule has 0 N–H and O–H groups in total. The number of benzene rings is 1. The molecule has 1 saturated heterocycles. The van der Waals surface area contributed by atoms with E-state index in [4.69, 9.17) is 21.1 Å². The van der Waals surface area contributed by atoms with E-state index in [1.165, 1.54) is 38.8 Å². The van der Waals surface area contributed by atoms with E-state index in [9.17, 15) is 0 Å². The molecule has 0 aromatic heterocycles. The third-order valence-electron chi connectivity index (χ3n) is 4.73. The standard InChI is InChI=1S/C19H30ClNO2/c1-3-4-5-12-21-13-10-16(19(15-21)22-2)11-14-23-18-8-6-17(20)7-9-18/h6-9,16,19H,3-5,10-15H2,1-2H3/t16-,19-/m0/s1. The first kappa shape index (κ1) is 18.6. The third kappa shape index (κ3) is 6.33. The maximum absolute atomic E-state index is 5.89. The number of piperidine rings is 1. The lowest BCUT2D eigenvalue weighted by Crippen LogP contribution is -2.45. The summed E-state index contributed by atoms with van der Waals surface area (Å²) in [7, 11) is 1.84. The van der Waals surface area contributed by atoms with Crippen LogP contribution in [-0.2, 0) is 4.74 Å². The summed E-state index contributed by atoms with van der Waals surface area (Å²) in [4.78, 5) is 2.56. The van der Waals surface area contributed by atoms with Crippen molar-refractivity contribution in [3.8, 4) is 5.75 Å². The molecule has 1 aromatic rings. The van der Waals surface area contributed by atoms with Crippen molar-refractivity contribution in [2.24, 2.45) is 5.92 Å². The molecule has 2 rings (SSSR count). The summed E-state index contributed by atoms with van der Waals surface area (Å²) < 4.78 is 11.6. The van der Waals surface area contributed by atoms with Crippen LogP contribution >= 0.6 is 11.6 Å². The number of rotatable bonds is 9. The van der Waals surface area contributed by atoms with Gasteiger partial charge in [0.25, 0.3) is 0 Å².